The van der Waals surface area contributed by atoms with E-state index in [-0.39, 0.29) is 11.8 Å². The highest BCUT2D eigenvalue weighted by Crippen LogP contribution is 2.16. The molecule has 1 saturated heterocycles. The molecule has 0 saturated carbocycles. The normalized spacial score (nSPS) is 17.5. The maximum absolute atomic E-state index is 11.9. The molecule has 2 rings (SSSR count). The summed E-state index contributed by atoms with van der Waals surface area (Å²) in [6.45, 7) is 5.03. The van der Waals surface area contributed by atoms with E-state index in [0.29, 0.717) is 24.8 Å². The van der Waals surface area contributed by atoms with Gasteiger partial charge in [-0.1, -0.05) is 13.8 Å². The molecule has 1 atom stereocenters. The molecule has 0 radical (unpaired) electrons. The summed E-state index contributed by atoms with van der Waals surface area (Å²) in [7, 11) is 0. The third-order valence-corrected chi connectivity index (χ3v) is 3.64. The maximum atomic E-state index is 11.9. The number of carbonyl (C=O) groups excluding carboxylic acids is 2. The molecule has 1 aromatic carbocycles. The largest absolute Gasteiger partial charge is 0.326 e. The number of nitrogens with one attached hydrogen (secondary N) is 3. The molecule has 1 fully saturated rings. The first kappa shape index (κ1) is 16.5. The van der Waals surface area contributed by atoms with Crippen molar-refractivity contribution in [2.24, 2.45) is 5.92 Å². The Kier molecular flexibility index (Phi) is 5.95. The lowest BCUT2D eigenvalue weighted by Gasteiger charge is -2.11. The number of benzene rings is 1. The highest BCUT2D eigenvalue weighted by atomic mass is 16.2. The fourth-order valence-electron chi connectivity index (χ4n) is 2.59. The van der Waals surface area contributed by atoms with Crippen LogP contribution in [0.1, 0.15) is 39.5 Å². The topological polar surface area (TPSA) is 70.2 Å². The molecule has 3 N–H and O–H groups in total. The van der Waals surface area contributed by atoms with E-state index in [4.69, 9.17) is 0 Å². The molecule has 1 aliphatic heterocycles. The Morgan fingerprint density at radius 3 is 2.23 bits per heavy atom. The minimum Gasteiger partial charge on any atom is -0.326 e. The first-order chi connectivity index (χ1) is 10.5. The Hall–Kier alpha value is -1.88. The van der Waals surface area contributed by atoms with E-state index in [1.54, 1.807) is 0 Å². The van der Waals surface area contributed by atoms with Crippen LogP contribution in [0.2, 0.25) is 0 Å². The molecule has 22 heavy (non-hydrogen) atoms. The van der Waals surface area contributed by atoms with Crippen molar-refractivity contribution < 1.29 is 9.59 Å². The highest BCUT2D eigenvalue weighted by Gasteiger charge is 2.17. The number of hydrogen-bond acceptors (Lipinski definition) is 3. The summed E-state index contributed by atoms with van der Waals surface area (Å²) >= 11 is 0. The Labute approximate surface area is 131 Å². The molecule has 2 amide bonds. The summed E-state index contributed by atoms with van der Waals surface area (Å²) in [5.74, 6) is 0.373. The van der Waals surface area contributed by atoms with Gasteiger partial charge in [-0.05, 0) is 49.6 Å². The van der Waals surface area contributed by atoms with Gasteiger partial charge in [0, 0.05) is 30.3 Å². The van der Waals surface area contributed by atoms with Crippen molar-refractivity contribution in [1.29, 1.82) is 0 Å². The van der Waals surface area contributed by atoms with Crippen LogP contribution in [0, 0.1) is 5.92 Å². The van der Waals surface area contributed by atoms with Gasteiger partial charge in [0.2, 0.25) is 11.8 Å². The minimum atomic E-state index is 0.0130. The van der Waals surface area contributed by atoms with E-state index < -0.39 is 0 Å². The molecule has 1 aromatic rings. The van der Waals surface area contributed by atoms with E-state index in [0.717, 1.165) is 30.8 Å². The standard InChI is InChI=1S/C17H25N3O2/c1-12(2)10-16(21)19-13-5-7-14(8-6-13)20-17(22)11-15-4-3-9-18-15/h5-8,12,15,18H,3-4,9-11H2,1-2H3,(H,19,21)(H,20,22). The Morgan fingerprint density at radius 1 is 1.14 bits per heavy atom. The van der Waals surface area contributed by atoms with Crippen molar-refractivity contribution in [3.05, 3.63) is 24.3 Å². The molecule has 5 nitrogen and oxygen atoms in total. The third-order valence-electron chi connectivity index (χ3n) is 3.64. The first-order valence-corrected chi connectivity index (χ1v) is 7.96. The number of anilines is 2. The summed E-state index contributed by atoms with van der Waals surface area (Å²) in [5.41, 5.74) is 1.51. The smallest absolute Gasteiger partial charge is 0.225 e. The first-order valence-electron chi connectivity index (χ1n) is 7.96. The molecule has 5 heteroatoms. The van der Waals surface area contributed by atoms with Crippen LogP contribution >= 0.6 is 0 Å². The van der Waals surface area contributed by atoms with Crippen LogP contribution in [-0.4, -0.2) is 24.4 Å². The monoisotopic (exact) mass is 303 g/mol. The number of rotatable bonds is 6. The van der Waals surface area contributed by atoms with Crippen molar-refractivity contribution in [2.75, 3.05) is 17.2 Å². The summed E-state index contributed by atoms with van der Waals surface area (Å²) < 4.78 is 0. The predicted molar refractivity (Wildman–Crippen MR) is 88.8 cm³/mol. The lowest BCUT2D eigenvalue weighted by Crippen LogP contribution is -2.27. The summed E-state index contributed by atoms with van der Waals surface area (Å²) in [6.07, 6.45) is 3.22. The summed E-state index contributed by atoms with van der Waals surface area (Å²) in [4.78, 5) is 23.6. The van der Waals surface area contributed by atoms with Gasteiger partial charge in [0.05, 0.1) is 0 Å². The third kappa shape index (κ3) is 5.48. The van der Waals surface area contributed by atoms with Crippen LogP contribution < -0.4 is 16.0 Å². The number of carbonyl (C=O) groups is 2. The van der Waals surface area contributed by atoms with E-state index in [9.17, 15) is 9.59 Å². The minimum absolute atomic E-state index is 0.0130. The van der Waals surface area contributed by atoms with Crippen LogP contribution in [0.3, 0.4) is 0 Å². The lowest BCUT2D eigenvalue weighted by molar-refractivity contribution is -0.117. The molecule has 1 heterocycles. The summed E-state index contributed by atoms with van der Waals surface area (Å²) in [5, 5.41) is 9.05. The zero-order valence-electron chi connectivity index (χ0n) is 13.3. The van der Waals surface area contributed by atoms with Crippen molar-refractivity contribution in [3.8, 4) is 0 Å². The maximum Gasteiger partial charge on any atom is 0.225 e. The van der Waals surface area contributed by atoms with Crippen LogP contribution in [0.4, 0.5) is 11.4 Å². The second kappa shape index (κ2) is 7.94. The van der Waals surface area contributed by atoms with Gasteiger partial charge in [0.25, 0.3) is 0 Å². The quantitative estimate of drug-likeness (QED) is 0.757. The average Bonchev–Trinajstić information content (AvgIpc) is 2.92. The van der Waals surface area contributed by atoms with Crippen molar-refractivity contribution in [2.45, 2.75) is 45.6 Å². The molecule has 0 spiro atoms. The van der Waals surface area contributed by atoms with E-state index >= 15 is 0 Å². The highest BCUT2D eigenvalue weighted by molar-refractivity contribution is 5.93. The number of hydrogen-bond donors (Lipinski definition) is 3. The van der Waals surface area contributed by atoms with Gasteiger partial charge in [-0.15, -0.1) is 0 Å². The van der Waals surface area contributed by atoms with Crippen molar-refractivity contribution in [1.82, 2.24) is 5.32 Å². The molecule has 120 valence electrons. The molecule has 0 bridgehead atoms. The second-order valence-electron chi connectivity index (χ2n) is 6.27. The van der Waals surface area contributed by atoms with Crippen molar-refractivity contribution >= 4 is 23.2 Å². The number of amides is 2. The van der Waals surface area contributed by atoms with Gasteiger partial charge in [-0.25, -0.2) is 0 Å². The van der Waals surface area contributed by atoms with E-state index in [1.807, 2.05) is 38.1 Å². The van der Waals surface area contributed by atoms with Crippen LogP contribution in [-0.2, 0) is 9.59 Å². The Bertz CT molecular complexity index is 505. The fraction of sp³-hybridized carbons (Fsp3) is 0.529. The molecular weight excluding hydrogens is 278 g/mol. The Morgan fingerprint density at radius 2 is 1.73 bits per heavy atom. The van der Waals surface area contributed by atoms with Crippen LogP contribution in [0.15, 0.2) is 24.3 Å². The van der Waals surface area contributed by atoms with Gasteiger partial charge in [-0.2, -0.15) is 0 Å². The molecule has 0 aromatic heterocycles. The molecule has 0 aliphatic carbocycles. The SMILES string of the molecule is CC(C)CC(=O)Nc1ccc(NC(=O)CC2CCCN2)cc1. The zero-order valence-corrected chi connectivity index (χ0v) is 13.3. The van der Waals surface area contributed by atoms with Crippen LogP contribution in [0.5, 0.6) is 0 Å². The molecule has 1 unspecified atom stereocenters. The van der Waals surface area contributed by atoms with Gasteiger partial charge in [-0.3, -0.25) is 9.59 Å². The zero-order chi connectivity index (χ0) is 15.9. The van der Waals surface area contributed by atoms with Gasteiger partial charge >= 0.3 is 0 Å². The lowest BCUT2D eigenvalue weighted by atomic mass is 10.1. The second-order valence-corrected chi connectivity index (χ2v) is 6.27. The van der Waals surface area contributed by atoms with Gasteiger partial charge in [0.1, 0.15) is 0 Å². The van der Waals surface area contributed by atoms with E-state index in [1.165, 1.54) is 0 Å². The predicted octanol–water partition coefficient (Wildman–Crippen LogP) is 2.75. The molecular formula is C17H25N3O2. The van der Waals surface area contributed by atoms with Gasteiger partial charge < -0.3 is 16.0 Å². The molecule has 1 aliphatic rings. The Balaban J connectivity index is 1.80. The fourth-order valence-corrected chi connectivity index (χ4v) is 2.59. The van der Waals surface area contributed by atoms with Gasteiger partial charge in [0.15, 0.2) is 0 Å². The average molecular weight is 303 g/mol. The van der Waals surface area contributed by atoms with Crippen LogP contribution in [0.25, 0.3) is 0 Å². The summed E-state index contributed by atoms with van der Waals surface area (Å²) in [6, 6.07) is 7.54. The van der Waals surface area contributed by atoms with E-state index in [2.05, 4.69) is 16.0 Å². The van der Waals surface area contributed by atoms with Crippen molar-refractivity contribution in [3.63, 3.8) is 0 Å².